The lowest BCUT2D eigenvalue weighted by Crippen LogP contribution is -2.31. The van der Waals surface area contributed by atoms with Gasteiger partial charge in [0.2, 0.25) is 0 Å². The SMILES string of the molecule is CC(C)CC(=O)C1=C(O)C(=O)N(c2ccc(C(F)(F)F)cc2)C1c1ccco1. The summed E-state index contributed by atoms with van der Waals surface area (Å²) < 4.78 is 43.9. The summed E-state index contributed by atoms with van der Waals surface area (Å²) in [7, 11) is 0. The summed E-state index contributed by atoms with van der Waals surface area (Å²) in [5.74, 6) is -1.79. The third kappa shape index (κ3) is 3.54. The maximum Gasteiger partial charge on any atom is 0.416 e. The molecule has 8 heteroatoms. The van der Waals surface area contributed by atoms with E-state index in [9.17, 15) is 27.9 Å². The molecular formula is C20H18F3NO4. The lowest BCUT2D eigenvalue weighted by atomic mass is 9.95. The van der Waals surface area contributed by atoms with Crippen LogP contribution in [0, 0.1) is 5.92 Å². The minimum absolute atomic E-state index is 0.0136. The van der Waals surface area contributed by atoms with Crippen molar-refractivity contribution < 1.29 is 32.3 Å². The Morgan fingerprint density at radius 3 is 2.36 bits per heavy atom. The Hall–Kier alpha value is -3.03. The maximum absolute atomic E-state index is 12.8. The number of nitrogens with zero attached hydrogens (tertiary/aromatic N) is 1. The molecule has 0 spiro atoms. The first kappa shape index (κ1) is 19.7. The van der Waals surface area contributed by atoms with Gasteiger partial charge >= 0.3 is 6.18 Å². The minimum Gasteiger partial charge on any atom is -0.503 e. The van der Waals surface area contributed by atoms with Crippen LogP contribution < -0.4 is 4.90 Å². The van der Waals surface area contributed by atoms with E-state index in [0.717, 1.165) is 29.2 Å². The standard InChI is InChI=1S/C20H18F3NO4/c1-11(2)10-14(25)16-17(15-4-3-9-28-15)24(19(27)18(16)26)13-7-5-12(6-8-13)20(21,22)23/h3-9,11,17,26H,10H2,1-2H3. The molecule has 1 aromatic heterocycles. The minimum atomic E-state index is -4.52. The second-order valence-electron chi connectivity index (χ2n) is 6.92. The Labute approximate surface area is 159 Å². The zero-order valence-electron chi connectivity index (χ0n) is 15.2. The molecule has 3 rings (SSSR count). The second-order valence-corrected chi connectivity index (χ2v) is 6.92. The van der Waals surface area contributed by atoms with Crippen LogP contribution in [-0.4, -0.2) is 16.8 Å². The van der Waals surface area contributed by atoms with E-state index >= 15 is 0 Å². The van der Waals surface area contributed by atoms with Crippen molar-refractivity contribution in [2.24, 2.45) is 5.92 Å². The molecule has 5 nitrogen and oxygen atoms in total. The van der Waals surface area contributed by atoms with Crippen molar-refractivity contribution in [3.8, 4) is 0 Å². The van der Waals surface area contributed by atoms with Gasteiger partial charge in [0, 0.05) is 12.1 Å². The van der Waals surface area contributed by atoms with Gasteiger partial charge in [-0.05, 0) is 42.3 Å². The summed E-state index contributed by atoms with van der Waals surface area (Å²) in [5, 5.41) is 10.4. The number of benzene rings is 1. The number of ketones is 1. The Bertz CT molecular complexity index is 912. The highest BCUT2D eigenvalue weighted by atomic mass is 19.4. The third-order valence-corrected chi connectivity index (χ3v) is 4.39. The molecule has 1 unspecified atom stereocenters. The number of hydrogen-bond donors (Lipinski definition) is 1. The van der Waals surface area contributed by atoms with Gasteiger partial charge in [-0.2, -0.15) is 13.2 Å². The van der Waals surface area contributed by atoms with Gasteiger partial charge in [-0.1, -0.05) is 13.8 Å². The molecule has 1 atom stereocenters. The van der Waals surface area contributed by atoms with Gasteiger partial charge in [-0.25, -0.2) is 0 Å². The number of anilines is 1. The molecule has 1 amide bonds. The quantitative estimate of drug-likeness (QED) is 0.791. The van der Waals surface area contributed by atoms with Gasteiger partial charge in [-0.3, -0.25) is 14.5 Å². The molecule has 148 valence electrons. The first-order chi connectivity index (χ1) is 13.1. The van der Waals surface area contributed by atoms with Crippen LogP contribution in [0.3, 0.4) is 0 Å². The molecule has 0 saturated carbocycles. The topological polar surface area (TPSA) is 70.8 Å². The van der Waals surface area contributed by atoms with Crippen LogP contribution in [0.2, 0.25) is 0 Å². The summed E-state index contributed by atoms with van der Waals surface area (Å²) in [6.45, 7) is 3.64. The highest BCUT2D eigenvalue weighted by Crippen LogP contribution is 2.42. The Balaban J connectivity index is 2.06. The number of rotatable bonds is 5. The molecule has 2 aromatic rings. The molecular weight excluding hydrogens is 375 g/mol. The molecule has 28 heavy (non-hydrogen) atoms. The van der Waals surface area contributed by atoms with Gasteiger partial charge in [0.15, 0.2) is 11.5 Å². The first-order valence-electron chi connectivity index (χ1n) is 8.61. The Kier molecular flexibility index (Phi) is 5.06. The molecule has 0 aliphatic carbocycles. The first-order valence-corrected chi connectivity index (χ1v) is 8.61. The van der Waals surface area contributed by atoms with Crippen molar-refractivity contribution in [1.82, 2.24) is 0 Å². The highest BCUT2D eigenvalue weighted by Gasteiger charge is 2.45. The van der Waals surface area contributed by atoms with Crippen molar-refractivity contribution >= 4 is 17.4 Å². The summed E-state index contributed by atoms with van der Waals surface area (Å²) in [6, 6.07) is 5.98. The fourth-order valence-corrected chi connectivity index (χ4v) is 3.16. The third-order valence-electron chi connectivity index (χ3n) is 4.39. The van der Waals surface area contributed by atoms with Crippen LogP contribution in [-0.2, 0) is 15.8 Å². The predicted molar refractivity (Wildman–Crippen MR) is 94.5 cm³/mol. The van der Waals surface area contributed by atoms with E-state index in [-0.39, 0.29) is 29.4 Å². The molecule has 1 aromatic carbocycles. The number of hydrogen-bond acceptors (Lipinski definition) is 4. The molecule has 1 aliphatic rings. The molecule has 0 radical (unpaired) electrons. The summed E-state index contributed by atoms with van der Waals surface area (Å²) in [4.78, 5) is 26.5. The van der Waals surface area contributed by atoms with Gasteiger partial charge in [0.25, 0.3) is 5.91 Å². The highest BCUT2D eigenvalue weighted by molar-refractivity contribution is 6.16. The van der Waals surface area contributed by atoms with E-state index in [1.165, 1.54) is 12.3 Å². The van der Waals surface area contributed by atoms with Gasteiger partial charge in [0.05, 0.1) is 17.4 Å². The van der Waals surface area contributed by atoms with Gasteiger partial charge < -0.3 is 9.52 Å². The molecule has 0 bridgehead atoms. The van der Waals surface area contributed by atoms with E-state index in [0.29, 0.717) is 0 Å². The summed E-state index contributed by atoms with van der Waals surface area (Å²) in [6.07, 6.45) is -3.07. The van der Waals surface area contributed by atoms with Crippen LogP contribution >= 0.6 is 0 Å². The summed E-state index contributed by atoms with van der Waals surface area (Å²) >= 11 is 0. The van der Waals surface area contributed by atoms with Gasteiger partial charge in [-0.15, -0.1) is 0 Å². The molecule has 0 fully saturated rings. The number of aliphatic hydroxyl groups is 1. The number of carbonyl (C=O) groups is 2. The van der Waals surface area contributed by atoms with Crippen molar-refractivity contribution in [2.75, 3.05) is 4.90 Å². The van der Waals surface area contributed by atoms with Crippen LogP contribution in [0.4, 0.5) is 18.9 Å². The molecule has 2 heterocycles. The Morgan fingerprint density at radius 1 is 1.21 bits per heavy atom. The lowest BCUT2D eigenvalue weighted by Gasteiger charge is -2.25. The number of furan rings is 1. The lowest BCUT2D eigenvalue weighted by molar-refractivity contribution is -0.137. The van der Waals surface area contributed by atoms with Crippen LogP contribution in [0.25, 0.3) is 0 Å². The average molecular weight is 393 g/mol. The summed E-state index contributed by atoms with van der Waals surface area (Å²) in [5.41, 5.74) is -0.877. The predicted octanol–water partition coefficient (Wildman–Crippen LogP) is 4.81. The smallest absolute Gasteiger partial charge is 0.416 e. The van der Waals surface area contributed by atoms with Gasteiger partial charge in [0.1, 0.15) is 11.8 Å². The normalized spacial score (nSPS) is 17.7. The number of aliphatic hydroxyl groups excluding tert-OH is 1. The number of Topliss-reactive ketones (excluding diaryl/α,β-unsaturated/α-hetero) is 1. The van der Waals surface area contributed by atoms with Crippen molar-refractivity contribution in [1.29, 1.82) is 0 Å². The van der Waals surface area contributed by atoms with Crippen molar-refractivity contribution in [3.63, 3.8) is 0 Å². The van der Waals surface area contributed by atoms with Crippen LogP contribution in [0.5, 0.6) is 0 Å². The van der Waals surface area contributed by atoms with E-state index in [1.54, 1.807) is 6.07 Å². The van der Waals surface area contributed by atoms with E-state index in [2.05, 4.69) is 0 Å². The number of alkyl halides is 3. The number of halogens is 3. The second kappa shape index (κ2) is 7.18. The average Bonchev–Trinajstić information content (AvgIpc) is 3.21. The van der Waals surface area contributed by atoms with Crippen molar-refractivity contribution in [2.45, 2.75) is 32.5 Å². The zero-order valence-corrected chi connectivity index (χ0v) is 15.2. The van der Waals surface area contributed by atoms with E-state index in [1.807, 2.05) is 13.8 Å². The van der Waals surface area contributed by atoms with Crippen molar-refractivity contribution in [3.05, 3.63) is 65.3 Å². The number of carbonyl (C=O) groups excluding carboxylic acids is 2. The van der Waals surface area contributed by atoms with E-state index < -0.39 is 35.2 Å². The number of amides is 1. The monoisotopic (exact) mass is 393 g/mol. The van der Waals surface area contributed by atoms with E-state index in [4.69, 9.17) is 4.42 Å². The molecule has 1 N–H and O–H groups in total. The zero-order chi connectivity index (χ0) is 20.6. The molecule has 1 aliphatic heterocycles. The van der Waals surface area contributed by atoms with Crippen LogP contribution in [0.15, 0.2) is 58.4 Å². The Morgan fingerprint density at radius 2 is 1.86 bits per heavy atom. The fourth-order valence-electron chi connectivity index (χ4n) is 3.16. The maximum atomic E-state index is 12.8. The fraction of sp³-hybridized carbons (Fsp3) is 0.300. The largest absolute Gasteiger partial charge is 0.503 e. The van der Waals surface area contributed by atoms with Crippen LogP contribution in [0.1, 0.15) is 37.6 Å². The molecule has 0 saturated heterocycles.